The van der Waals surface area contributed by atoms with Crippen LogP contribution < -0.4 is 0 Å². The Morgan fingerprint density at radius 2 is 2.00 bits per heavy atom. The molecule has 1 aromatic carbocycles. The predicted octanol–water partition coefficient (Wildman–Crippen LogP) is 2.52. The fourth-order valence-electron chi connectivity index (χ4n) is 1.21. The van der Waals surface area contributed by atoms with Crippen LogP contribution in [0.25, 0.3) is 10.8 Å². The average molecular weight is 223 g/mol. The van der Waals surface area contributed by atoms with E-state index in [2.05, 4.69) is 32.2 Å². The highest BCUT2D eigenvalue weighted by Crippen LogP contribution is 2.18. The van der Waals surface area contributed by atoms with Gasteiger partial charge in [-0.1, -0.05) is 34.1 Å². The lowest BCUT2D eigenvalue weighted by Crippen LogP contribution is -1.84. The minimum Gasteiger partial charge on any atom is -0.158 e. The third kappa shape index (κ3) is 1.20. The van der Waals surface area contributed by atoms with Gasteiger partial charge in [0.15, 0.2) is 0 Å². The van der Waals surface area contributed by atoms with Crippen molar-refractivity contribution in [3.05, 3.63) is 36.2 Å². The molecule has 0 amide bonds. The van der Waals surface area contributed by atoms with E-state index in [0.717, 1.165) is 10.7 Å². The van der Waals surface area contributed by atoms with Crippen molar-refractivity contribution in [2.75, 3.05) is 0 Å². The minimum atomic E-state index is 0.857. The lowest BCUT2D eigenvalue weighted by Gasteiger charge is -2.00. The molecule has 0 atom stereocenters. The van der Waals surface area contributed by atoms with Gasteiger partial charge >= 0.3 is 0 Å². The Balaban J connectivity index is 2.79. The maximum Gasteiger partial charge on any atom is 0.0577 e. The maximum atomic E-state index is 3.85. The second kappa shape index (κ2) is 3.19. The Kier molecular flexibility index (Phi) is 2.04. The van der Waals surface area contributed by atoms with Crippen LogP contribution in [0, 0.1) is 0 Å². The average Bonchev–Trinajstić information content (AvgIpc) is 2.17. The molecule has 0 fully saturated rings. The van der Waals surface area contributed by atoms with Crippen LogP contribution in [0.5, 0.6) is 0 Å². The monoisotopic (exact) mass is 222 g/mol. The summed E-state index contributed by atoms with van der Waals surface area (Å²) in [6.07, 6.45) is 3.58. The molecule has 2 nitrogen and oxygen atoms in total. The van der Waals surface area contributed by atoms with Gasteiger partial charge in [0.25, 0.3) is 0 Å². The first kappa shape index (κ1) is 7.68. The van der Waals surface area contributed by atoms with Crippen LogP contribution >= 0.6 is 15.9 Å². The van der Waals surface area contributed by atoms with Gasteiger partial charge in [0.05, 0.1) is 12.4 Å². The SMILES string of the molecule is BrCc1cccc2cnncc12. The molecule has 2 aromatic rings. The number of aromatic nitrogens is 2. The first-order chi connectivity index (χ1) is 5.92. The first-order valence-electron chi connectivity index (χ1n) is 3.66. The van der Waals surface area contributed by atoms with E-state index in [1.54, 1.807) is 12.4 Å². The number of hydrogen-bond acceptors (Lipinski definition) is 2. The third-order valence-electron chi connectivity index (χ3n) is 1.82. The number of benzene rings is 1. The highest BCUT2D eigenvalue weighted by molar-refractivity contribution is 9.08. The van der Waals surface area contributed by atoms with Gasteiger partial charge in [-0.3, -0.25) is 0 Å². The summed E-state index contributed by atoms with van der Waals surface area (Å²) in [6.45, 7) is 0. The van der Waals surface area contributed by atoms with Crippen LogP contribution in [0.3, 0.4) is 0 Å². The van der Waals surface area contributed by atoms with Crippen LogP contribution in [-0.4, -0.2) is 10.2 Å². The normalized spacial score (nSPS) is 10.4. The van der Waals surface area contributed by atoms with Gasteiger partial charge in [-0.05, 0) is 5.56 Å². The van der Waals surface area contributed by atoms with Crippen molar-refractivity contribution < 1.29 is 0 Å². The maximum absolute atomic E-state index is 3.85. The summed E-state index contributed by atoms with van der Waals surface area (Å²) in [4.78, 5) is 0. The van der Waals surface area contributed by atoms with Crippen molar-refractivity contribution in [2.45, 2.75) is 5.33 Å². The molecule has 60 valence electrons. The summed E-state index contributed by atoms with van der Waals surface area (Å²) < 4.78 is 0. The summed E-state index contributed by atoms with van der Waals surface area (Å²) in [6, 6.07) is 6.15. The summed E-state index contributed by atoms with van der Waals surface area (Å²) >= 11 is 3.43. The molecular weight excluding hydrogens is 216 g/mol. The second-order valence-corrected chi connectivity index (χ2v) is 3.10. The van der Waals surface area contributed by atoms with Gasteiger partial charge in [0.2, 0.25) is 0 Å². The number of rotatable bonds is 1. The zero-order chi connectivity index (χ0) is 8.39. The highest BCUT2D eigenvalue weighted by atomic mass is 79.9. The topological polar surface area (TPSA) is 25.8 Å². The predicted molar refractivity (Wildman–Crippen MR) is 52.2 cm³/mol. The molecule has 0 spiro atoms. The molecule has 2 rings (SSSR count). The zero-order valence-electron chi connectivity index (χ0n) is 6.37. The van der Waals surface area contributed by atoms with Crippen molar-refractivity contribution in [2.24, 2.45) is 0 Å². The Labute approximate surface area is 78.8 Å². The first-order valence-corrected chi connectivity index (χ1v) is 4.78. The van der Waals surface area contributed by atoms with Crippen LogP contribution in [0.4, 0.5) is 0 Å². The third-order valence-corrected chi connectivity index (χ3v) is 2.43. The van der Waals surface area contributed by atoms with Crippen LogP contribution in [-0.2, 0) is 5.33 Å². The Bertz CT molecular complexity index is 395. The molecule has 0 radical (unpaired) electrons. The van der Waals surface area contributed by atoms with Gasteiger partial charge in [0, 0.05) is 16.1 Å². The van der Waals surface area contributed by atoms with Crippen molar-refractivity contribution in [1.29, 1.82) is 0 Å². The number of alkyl halides is 1. The smallest absolute Gasteiger partial charge is 0.0577 e. The van der Waals surface area contributed by atoms with Gasteiger partial charge in [-0.15, -0.1) is 0 Å². The van der Waals surface area contributed by atoms with Crippen molar-refractivity contribution >= 4 is 26.7 Å². The number of nitrogens with zero attached hydrogens (tertiary/aromatic N) is 2. The van der Waals surface area contributed by atoms with E-state index in [4.69, 9.17) is 0 Å². The summed E-state index contributed by atoms with van der Waals surface area (Å²) in [5.41, 5.74) is 1.25. The number of halogens is 1. The van der Waals surface area contributed by atoms with E-state index in [-0.39, 0.29) is 0 Å². The molecule has 0 N–H and O–H groups in total. The fraction of sp³-hybridized carbons (Fsp3) is 0.111. The van der Waals surface area contributed by atoms with Crippen molar-refractivity contribution in [3.63, 3.8) is 0 Å². The molecule has 0 aliphatic carbocycles. The van der Waals surface area contributed by atoms with E-state index >= 15 is 0 Å². The van der Waals surface area contributed by atoms with Crippen LogP contribution in [0.15, 0.2) is 30.6 Å². The molecule has 1 aromatic heterocycles. The Morgan fingerprint density at radius 3 is 2.83 bits per heavy atom. The molecule has 1 heterocycles. The molecule has 0 bridgehead atoms. The van der Waals surface area contributed by atoms with Gasteiger partial charge in [-0.25, -0.2) is 0 Å². The minimum absolute atomic E-state index is 0.857. The fourth-order valence-corrected chi connectivity index (χ4v) is 1.70. The summed E-state index contributed by atoms with van der Waals surface area (Å²) in [5.74, 6) is 0. The lowest BCUT2D eigenvalue weighted by atomic mass is 10.1. The van der Waals surface area contributed by atoms with E-state index in [9.17, 15) is 0 Å². The molecule has 0 unspecified atom stereocenters. The quantitative estimate of drug-likeness (QED) is 0.694. The summed E-state index contributed by atoms with van der Waals surface area (Å²) in [7, 11) is 0. The number of fused-ring (bicyclic) bond motifs is 1. The number of hydrogen-bond donors (Lipinski definition) is 0. The highest BCUT2D eigenvalue weighted by Gasteiger charge is 1.97. The second-order valence-electron chi connectivity index (χ2n) is 2.54. The summed E-state index contributed by atoms with van der Waals surface area (Å²) in [5, 5.41) is 10.8. The van der Waals surface area contributed by atoms with Crippen molar-refractivity contribution in [3.8, 4) is 0 Å². The van der Waals surface area contributed by atoms with E-state index < -0.39 is 0 Å². The van der Waals surface area contributed by atoms with Crippen LogP contribution in [0.2, 0.25) is 0 Å². The standard InChI is InChI=1S/C9H7BrN2/c10-4-7-2-1-3-8-5-11-12-6-9(7)8/h1-3,5-6H,4H2. The van der Waals surface area contributed by atoms with E-state index in [1.807, 2.05) is 12.1 Å². The molecule has 0 aliphatic rings. The molecule has 0 aliphatic heterocycles. The Morgan fingerprint density at radius 1 is 1.17 bits per heavy atom. The van der Waals surface area contributed by atoms with Crippen molar-refractivity contribution in [1.82, 2.24) is 10.2 Å². The molecule has 3 heteroatoms. The molecular formula is C9H7BrN2. The zero-order valence-corrected chi connectivity index (χ0v) is 7.95. The van der Waals surface area contributed by atoms with Gasteiger partial charge in [0.1, 0.15) is 0 Å². The van der Waals surface area contributed by atoms with Gasteiger partial charge in [-0.2, -0.15) is 10.2 Å². The molecule has 0 saturated carbocycles. The van der Waals surface area contributed by atoms with E-state index in [0.29, 0.717) is 0 Å². The van der Waals surface area contributed by atoms with E-state index in [1.165, 1.54) is 10.9 Å². The lowest BCUT2D eigenvalue weighted by molar-refractivity contribution is 1.05. The molecule has 12 heavy (non-hydrogen) atoms. The molecule has 0 saturated heterocycles. The van der Waals surface area contributed by atoms with Crippen LogP contribution in [0.1, 0.15) is 5.56 Å². The Hall–Kier alpha value is -0.960. The van der Waals surface area contributed by atoms with Gasteiger partial charge < -0.3 is 0 Å². The largest absolute Gasteiger partial charge is 0.158 e.